The Morgan fingerprint density at radius 1 is 1.26 bits per heavy atom. The zero-order valence-electron chi connectivity index (χ0n) is 15.8. The second-order valence-electron chi connectivity index (χ2n) is 6.95. The summed E-state index contributed by atoms with van der Waals surface area (Å²) in [5.74, 6) is 1.48. The van der Waals surface area contributed by atoms with Crippen molar-refractivity contribution in [3.8, 4) is 0 Å². The predicted molar refractivity (Wildman–Crippen MR) is 104 cm³/mol. The van der Waals surface area contributed by atoms with Crippen molar-refractivity contribution < 1.29 is 4.79 Å². The highest BCUT2D eigenvalue weighted by Crippen LogP contribution is 2.31. The molecule has 1 amide bonds. The van der Waals surface area contributed by atoms with Crippen molar-refractivity contribution in [2.45, 2.75) is 57.7 Å². The highest BCUT2D eigenvalue weighted by molar-refractivity contribution is 7.99. The second-order valence-corrected chi connectivity index (χ2v) is 7.89. The van der Waals surface area contributed by atoms with E-state index in [9.17, 15) is 4.79 Å². The van der Waals surface area contributed by atoms with Gasteiger partial charge in [0, 0.05) is 17.5 Å². The van der Waals surface area contributed by atoms with E-state index in [1.165, 1.54) is 24.6 Å². The number of hydrogen-bond acceptors (Lipinski definition) is 6. The van der Waals surface area contributed by atoms with Crippen molar-refractivity contribution >= 4 is 29.3 Å². The molecule has 0 radical (unpaired) electrons. The van der Waals surface area contributed by atoms with Gasteiger partial charge in [-0.25, -0.2) is 14.2 Å². The van der Waals surface area contributed by atoms with Crippen LogP contribution in [0.5, 0.6) is 0 Å². The van der Waals surface area contributed by atoms with Crippen LogP contribution >= 0.6 is 11.8 Å². The van der Waals surface area contributed by atoms with Crippen LogP contribution in [0.15, 0.2) is 17.4 Å². The van der Waals surface area contributed by atoms with E-state index in [1.54, 1.807) is 10.7 Å². The van der Waals surface area contributed by atoms with E-state index in [-0.39, 0.29) is 11.7 Å². The fraction of sp³-hybridized carbons (Fsp3) is 0.500. The average Bonchev–Trinajstić information content (AvgIpc) is 3.38. The topological polar surface area (TPSA) is 90.0 Å². The summed E-state index contributed by atoms with van der Waals surface area (Å²) in [5.41, 5.74) is 3.06. The summed E-state index contributed by atoms with van der Waals surface area (Å²) in [7, 11) is 0. The minimum Gasteiger partial charge on any atom is -0.310 e. The molecule has 0 unspecified atom stereocenters. The lowest BCUT2D eigenvalue weighted by molar-refractivity contribution is -0.113. The molecule has 27 heavy (non-hydrogen) atoms. The van der Waals surface area contributed by atoms with Gasteiger partial charge in [-0.2, -0.15) is 10.1 Å². The van der Waals surface area contributed by atoms with Crippen LogP contribution < -0.4 is 5.32 Å². The van der Waals surface area contributed by atoms with Gasteiger partial charge in [0.2, 0.25) is 11.1 Å². The largest absolute Gasteiger partial charge is 0.310 e. The van der Waals surface area contributed by atoms with Crippen LogP contribution in [0.25, 0.3) is 5.78 Å². The average molecular weight is 385 g/mol. The fourth-order valence-corrected chi connectivity index (χ4v) is 4.08. The zero-order chi connectivity index (χ0) is 19.0. The molecule has 1 N–H and O–H groups in total. The minimum atomic E-state index is -0.0874. The molecule has 3 aromatic heterocycles. The summed E-state index contributed by atoms with van der Waals surface area (Å²) in [6.45, 7) is 5.98. The lowest BCUT2D eigenvalue weighted by Crippen LogP contribution is -2.19. The van der Waals surface area contributed by atoms with Gasteiger partial charge < -0.3 is 5.32 Å². The first-order valence-electron chi connectivity index (χ1n) is 9.19. The lowest BCUT2D eigenvalue weighted by atomic mass is 10.2. The number of anilines is 1. The van der Waals surface area contributed by atoms with E-state index in [2.05, 4.69) is 25.5 Å². The van der Waals surface area contributed by atoms with E-state index >= 15 is 0 Å². The van der Waals surface area contributed by atoms with Crippen molar-refractivity contribution in [1.82, 2.24) is 29.4 Å². The summed E-state index contributed by atoms with van der Waals surface area (Å²) in [5, 5.41) is 12.4. The summed E-state index contributed by atoms with van der Waals surface area (Å²) in [6, 6.07) is 2.24. The predicted octanol–water partition coefficient (Wildman–Crippen LogP) is 3.09. The number of rotatable bonds is 5. The van der Waals surface area contributed by atoms with E-state index in [0.29, 0.717) is 17.0 Å². The Balaban J connectivity index is 1.42. The van der Waals surface area contributed by atoms with Gasteiger partial charge in [0.05, 0.1) is 18.0 Å². The molecule has 0 bridgehead atoms. The highest BCUT2D eigenvalue weighted by Gasteiger charge is 2.20. The minimum absolute atomic E-state index is 0.0874. The van der Waals surface area contributed by atoms with E-state index in [0.717, 1.165) is 35.6 Å². The Morgan fingerprint density at radius 3 is 2.81 bits per heavy atom. The second kappa shape index (κ2) is 7.30. The molecule has 0 saturated heterocycles. The zero-order valence-corrected chi connectivity index (χ0v) is 16.6. The molecule has 9 heteroatoms. The first-order valence-corrected chi connectivity index (χ1v) is 10.2. The molecule has 0 spiro atoms. The monoisotopic (exact) mass is 385 g/mol. The van der Waals surface area contributed by atoms with Gasteiger partial charge in [0.15, 0.2) is 0 Å². The molecule has 0 aliphatic heterocycles. The van der Waals surface area contributed by atoms with Crippen molar-refractivity contribution in [1.29, 1.82) is 0 Å². The third-order valence-electron chi connectivity index (χ3n) is 5.18. The standard InChI is InChI=1S/C18H23N7OS/c1-11-12(2)20-17-22-18(23-24(17)13(11)3)27-10-16(26)21-15-8-9-19-25(15)14-6-4-5-7-14/h8-9,14H,4-7,10H2,1-3H3,(H,21,26). The fourth-order valence-electron chi connectivity index (χ4n) is 3.46. The Labute approximate surface area is 161 Å². The number of hydrogen-bond donors (Lipinski definition) is 1. The third-order valence-corrected chi connectivity index (χ3v) is 6.02. The maximum atomic E-state index is 12.4. The number of nitrogens with one attached hydrogen (secondary N) is 1. The van der Waals surface area contributed by atoms with Gasteiger partial charge >= 0.3 is 0 Å². The number of thioether (sulfide) groups is 1. The Kier molecular flexibility index (Phi) is 4.86. The van der Waals surface area contributed by atoms with Gasteiger partial charge in [0.1, 0.15) is 5.82 Å². The molecule has 1 saturated carbocycles. The smallest absolute Gasteiger partial charge is 0.253 e. The van der Waals surface area contributed by atoms with Crippen molar-refractivity contribution in [2.75, 3.05) is 11.1 Å². The van der Waals surface area contributed by atoms with Gasteiger partial charge in [-0.15, -0.1) is 5.10 Å². The summed E-state index contributed by atoms with van der Waals surface area (Å²) in [4.78, 5) is 21.3. The summed E-state index contributed by atoms with van der Waals surface area (Å²) < 4.78 is 3.68. The van der Waals surface area contributed by atoms with Crippen LogP contribution in [0.4, 0.5) is 5.82 Å². The van der Waals surface area contributed by atoms with Crippen LogP contribution in [0.1, 0.15) is 48.7 Å². The molecule has 1 aliphatic carbocycles. The Hall–Kier alpha value is -2.42. The van der Waals surface area contributed by atoms with Gasteiger partial charge in [0.25, 0.3) is 5.78 Å². The molecule has 142 valence electrons. The van der Waals surface area contributed by atoms with Crippen LogP contribution in [0.2, 0.25) is 0 Å². The lowest BCUT2D eigenvalue weighted by Gasteiger charge is -2.14. The Morgan fingerprint density at radius 2 is 2.04 bits per heavy atom. The van der Waals surface area contributed by atoms with Gasteiger partial charge in [-0.05, 0) is 39.2 Å². The van der Waals surface area contributed by atoms with Crippen LogP contribution in [0.3, 0.4) is 0 Å². The normalized spacial score (nSPS) is 14.9. The quantitative estimate of drug-likeness (QED) is 0.679. The Bertz CT molecular complexity index is 987. The molecule has 1 fully saturated rings. The molecule has 8 nitrogen and oxygen atoms in total. The van der Waals surface area contributed by atoms with Crippen LogP contribution in [-0.2, 0) is 4.79 Å². The number of aromatic nitrogens is 6. The molecule has 4 rings (SSSR count). The number of fused-ring (bicyclic) bond motifs is 1. The molecule has 1 aliphatic rings. The van der Waals surface area contributed by atoms with E-state index < -0.39 is 0 Å². The maximum absolute atomic E-state index is 12.4. The van der Waals surface area contributed by atoms with Crippen LogP contribution in [-0.4, -0.2) is 41.0 Å². The highest BCUT2D eigenvalue weighted by atomic mass is 32.2. The SMILES string of the molecule is Cc1nc2nc(SCC(=O)Nc3ccnn3C3CCCC3)nn2c(C)c1C. The van der Waals surface area contributed by atoms with Crippen molar-refractivity contribution in [2.24, 2.45) is 0 Å². The van der Waals surface area contributed by atoms with Gasteiger partial charge in [-0.1, -0.05) is 24.6 Å². The molecular formula is C18H23N7OS. The number of carbonyl (C=O) groups is 1. The summed E-state index contributed by atoms with van der Waals surface area (Å²) >= 11 is 1.31. The first kappa shape index (κ1) is 18.0. The molecule has 0 aromatic carbocycles. The number of nitrogens with zero attached hydrogens (tertiary/aromatic N) is 6. The van der Waals surface area contributed by atoms with Crippen molar-refractivity contribution in [3.05, 3.63) is 29.2 Å². The van der Waals surface area contributed by atoms with Crippen LogP contribution in [0, 0.1) is 20.8 Å². The summed E-state index contributed by atoms with van der Waals surface area (Å²) in [6.07, 6.45) is 6.43. The molecular weight excluding hydrogens is 362 g/mol. The molecule has 3 aromatic rings. The number of carbonyl (C=O) groups excluding carboxylic acids is 1. The number of aryl methyl sites for hydroxylation is 2. The maximum Gasteiger partial charge on any atom is 0.253 e. The molecule has 3 heterocycles. The third kappa shape index (κ3) is 3.55. The van der Waals surface area contributed by atoms with Gasteiger partial charge in [-0.3, -0.25) is 4.79 Å². The first-order chi connectivity index (χ1) is 13.0. The van der Waals surface area contributed by atoms with Crippen molar-refractivity contribution in [3.63, 3.8) is 0 Å². The van der Waals surface area contributed by atoms with E-state index in [1.807, 2.05) is 31.5 Å². The van der Waals surface area contributed by atoms with E-state index in [4.69, 9.17) is 0 Å². The number of amides is 1. The molecule has 0 atom stereocenters.